The van der Waals surface area contributed by atoms with Gasteiger partial charge in [-0.1, -0.05) is 13.8 Å². The van der Waals surface area contributed by atoms with Crippen molar-refractivity contribution in [3.63, 3.8) is 0 Å². The fourth-order valence-corrected chi connectivity index (χ4v) is 1.56. The molecule has 0 fully saturated rings. The van der Waals surface area contributed by atoms with Crippen molar-refractivity contribution in [2.75, 3.05) is 0 Å². The standard InChI is InChI=1S/C8H12NS/c1-4-8-9-7(5-10-8)6(2)3/h5-6H,1,4H2,2-3H3. The van der Waals surface area contributed by atoms with Gasteiger partial charge >= 0.3 is 0 Å². The summed E-state index contributed by atoms with van der Waals surface area (Å²) in [4.78, 5) is 4.38. The highest BCUT2D eigenvalue weighted by molar-refractivity contribution is 7.09. The Morgan fingerprint density at radius 2 is 2.40 bits per heavy atom. The molecular formula is C8H12NS. The second-order valence-corrected chi connectivity index (χ2v) is 3.51. The Hall–Kier alpha value is -0.370. The lowest BCUT2D eigenvalue weighted by Crippen LogP contribution is -1.87. The third kappa shape index (κ3) is 1.57. The molecule has 0 atom stereocenters. The number of rotatable bonds is 2. The molecule has 1 aromatic heterocycles. The second-order valence-electron chi connectivity index (χ2n) is 2.57. The first-order valence-electron chi connectivity index (χ1n) is 3.47. The molecular weight excluding hydrogens is 142 g/mol. The molecule has 1 radical (unpaired) electrons. The van der Waals surface area contributed by atoms with Crippen LogP contribution in [-0.2, 0) is 6.42 Å². The van der Waals surface area contributed by atoms with E-state index in [4.69, 9.17) is 0 Å². The van der Waals surface area contributed by atoms with Crippen LogP contribution in [0.5, 0.6) is 0 Å². The molecule has 1 nitrogen and oxygen atoms in total. The Kier molecular flexibility index (Phi) is 2.44. The summed E-state index contributed by atoms with van der Waals surface area (Å²) in [6.45, 7) is 8.09. The Balaban J connectivity index is 2.78. The average molecular weight is 154 g/mol. The van der Waals surface area contributed by atoms with Gasteiger partial charge in [0.05, 0.1) is 10.7 Å². The maximum Gasteiger partial charge on any atom is 0.0928 e. The van der Waals surface area contributed by atoms with E-state index in [9.17, 15) is 0 Å². The summed E-state index contributed by atoms with van der Waals surface area (Å²) < 4.78 is 0. The third-order valence-corrected chi connectivity index (χ3v) is 2.30. The first kappa shape index (κ1) is 7.73. The lowest BCUT2D eigenvalue weighted by atomic mass is 10.2. The minimum absolute atomic E-state index is 0.552. The first-order valence-corrected chi connectivity index (χ1v) is 4.35. The average Bonchev–Trinajstić information content (AvgIpc) is 2.34. The Bertz CT molecular complexity index is 203. The molecule has 2 heteroatoms. The van der Waals surface area contributed by atoms with E-state index < -0.39 is 0 Å². The SMILES string of the molecule is [CH2]Cc1nc(C(C)C)cs1. The van der Waals surface area contributed by atoms with Gasteiger partial charge in [-0.25, -0.2) is 4.98 Å². The molecule has 0 amide bonds. The summed E-state index contributed by atoms with van der Waals surface area (Å²) in [5.74, 6) is 0.552. The van der Waals surface area contributed by atoms with Crippen molar-refractivity contribution >= 4 is 11.3 Å². The minimum Gasteiger partial charge on any atom is -0.246 e. The zero-order valence-corrected chi connectivity index (χ0v) is 7.24. The van der Waals surface area contributed by atoms with Crippen molar-refractivity contribution in [1.29, 1.82) is 0 Å². The molecule has 0 bridgehead atoms. The summed E-state index contributed by atoms with van der Waals surface area (Å²) in [7, 11) is 0. The van der Waals surface area contributed by atoms with Crippen LogP contribution in [0.4, 0.5) is 0 Å². The van der Waals surface area contributed by atoms with Crippen molar-refractivity contribution in [2.24, 2.45) is 0 Å². The molecule has 0 N–H and O–H groups in total. The zero-order chi connectivity index (χ0) is 7.56. The van der Waals surface area contributed by atoms with E-state index in [1.54, 1.807) is 11.3 Å². The van der Waals surface area contributed by atoms with Crippen LogP contribution in [0.3, 0.4) is 0 Å². The maximum atomic E-state index is 4.38. The van der Waals surface area contributed by atoms with Crippen molar-refractivity contribution in [1.82, 2.24) is 4.98 Å². The number of thiazole rings is 1. The smallest absolute Gasteiger partial charge is 0.0928 e. The fraction of sp³-hybridized carbons (Fsp3) is 0.500. The van der Waals surface area contributed by atoms with E-state index in [0.29, 0.717) is 5.92 Å². The normalized spacial score (nSPS) is 10.8. The van der Waals surface area contributed by atoms with Gasteiger partial charge < -0.3 is 0 Å². The van der Waals surface area contributed by atoms with Crippen LogP contribution in [0.1, 0.15) is 30.5 Å². The van der Waals surface area contributed by atoms with E-state index in [2.05, 4.69) is 31.1 Å². The highest BCUT2D eigenvalue weighted by Gasteiger charge is 2.02. The zero-order valence-electron chi connectivity index (χ0n) is 6.42. The third-order valence-electron chi connectivity index (χ3n) is 1.37. The van der Waals surface area contributed by atoms with Gasteiger partial charge in [-0.05, 0) is 19.3 Å². The molecule has 1 heterocycles. The fourth-order valence-electron chi connectivity index (χ4n) is 0.705. The Morgan fingerprint density at radius 3 is 2.70 bits per heavy atom. The monoisotopic (exact) mass is 154 g/mol. The number of nitrogens with zero attached hydrogens (tertiary/aromatic N) is 1. The van der Waals surface area contributed by atoms with Gasteiger partial charge in [0.1, 0.15) is 0 Å². The van der Waals surface area contributed by atoms with E-state index in [1.165, 1.54) is 5.69 Å². The molecule has 0 aliphatic heterocycles. The molecule has 10 heavy (non-hydrogen) atoms. The molecule has 0 aromatic carbocycles. The van der Waals surface area contributed by atoms with Crippen LogP contribution >= 0.6 is 11.3 Å². The van der Waals surface area contributed by atoms with Gasteiger partial charge in [-0.15, -0.1) is 11.3 Å². The van der Waals surface area contributed by atoms with Crippen molar-refractivity contribution in [2.45, 2.75) is 26.2 Å². The van der Waals surface area contributed by atoms with Gasteiger partial charge in [0.2, 0.25) is 0 Å². The molecule has 0 saturated heterocycles. The van der Waals surface area contributed by atoms with Gasteiger partial charge in [-0.3, -0.25) is 0 Å². The summed E-state index contributed by atoms with van der Waals surface area (Å²) >= 11 is 1.70. The first-order chi connectivity index (χ1) is 4.74. The largest absolute Gasteiger partial charge is 0.246 e. The molecule has 1 aromatic rings. The van der Waals surface area contributed by atoms with Crippen molar-refractivity contribution < 1.29 is 0 Å². The molecule has 0 aliphatic rings. The van der Waals surface area contributed by atoms with E-state index in [-0.39, 0.29) is 0 Å². The van der Waals surface area contributed by atoms with Gasteiger partial charge in [-0.2, -0.15) is 0 Å². The van der Waals surface area contributed by atoms with Crippen LogP contribution in [0.2, 0.25) is 0 Å². The predicted octanol–water partition coefficient (Wildman–Crippen LogP) is 2.64. The summed E-state index contributed by atoms with van der Waals surface area (Å²) in [5.41, 5.74) is 1.20. The van der Waals surface area contributed by atoms with Gasteiger partial charge in [0.25, 0.3) is 0 Å². The van der Waals surface area contributed by atoms with Crippen LogP contribution in [0.15, 0.2) is 5.38 Å². The van der Waals surface area contributed by atoms with E-state index in [1.807, 2.05) is 0 Å². The lowest BCUT2D eigenvalue weighted by molar-refractivity contribution is 0.826. The van der Waals surface area contributed by atoms with Crippen LogP contribution < -0.4 is 0 Å². The molecule has 1 rings (SSSR count). The van der Waals surface area contributed by atoms with Gasteiger partial charge in [0.15, 0.2) is 0 Å². The number of aromatic nitrogens is 1. The number of hydrogen-bond donors (Lipinski definition) is 0. The molecule has 0 aliphatic carbocycles. The highest BCUT2D eigenvalue weighted by Crippen LogP contribution is 2.17. The van der Waals surface area contributed by atoms with Crippen LogP contribution in [0, 0.1) is 6.92 Å². The minimum atomic E-state index is 0.552. The molecule has 0 unspecified atom stereocenters. The summed E-state index contributed by atoms with van der Waals surface area (Å²) in [6.07, 6.45) is 0.817. The highest BCUT2D eigenvalue weighted by atomic mass is 32.1. The lowest BCUT2D eigenvalue weighted by Gasteiger charge is -1.95. The van der Waals surface area contributed by atoms with Crippen molar-refractivity contribution in [3.05, 3.63) is 23.0 Å². The van der Waals surface area contributed by atoms with E-state index >= 15 is 0 Å². The Morgan fingerprint density at radius 1 is 1.70 bits per heavy atom. The van der Waals surface area contributed by atoms with Crippen LogP contribution in [0.25, 0.3) is 0 Å². The van der Waals surface area contributed by atoms with Crippen molar-refractivity contribution in [3.8, 4) is 0 Å². The second kappa shape index (κ2) is 3.15. The molecule has 55 valence electrons. The molecule has 0 saturated carbocycles. The Labute approximate surface area is 66.1 Å². The van der Waals surface area contributed by atoms with Gasteiger partial charge in [0, 0.05) is 5.38 Å². The summed E-state index contributed by atoms with van der Waals surface area (Å²) in [6, 6.07) is 0. The van der Waals surface area contributed by atoms with Crippen LogP contribution in [-0.4, -0.2) is 4.98 Å². The maximum absolute atomic E-state index is 4.38. The molecule has 0 spiro atoms. The quantitative estimate of drug-likeness (QED) is 0.638. The van der Waals surface area contributed by atoms with E-state index in [0.717, 1.165) is 11.4 Å². The topological polar surface area (TPSA) is 12.9 Å². The summed E-state index contributed by atoms with van der Waals surface area (Å²) in [5, 5.41) is 3.26. The predicted molar refractivity (Wildman–Crippen MR) is 45.3 cm³/mol. The number of hydrogen-bond acceptors (Lipinski definition) is 2.